The summed E-state index contributed by atoms with van der Waals surface area (Å²) in [6.07, 6.45) is 7.02. The zero-order valence-corrected chi connectivity index (χ0v) is 23.5. The Kier molecular flexibility index (Phi) is 7.08. The van der Waals surface area contributed by atoms with Crippen molar-refractivity contribution in [3.8, 4) is 28.6 Å². The van der Waals surface area contributed by atoms with Gasteiger partial charge in [0.05, 0.1) is 11.3 Å². The van der Waals surface area contributed by atoms with Gasteiger partial charge in [-0.25, -0.2) is 14.4 Å². The fraction of sp³-hybridized carbons (Fsp3) is 0.182. The molecule has 0 radical (unpaired) electrons. The highest BCUT2D eigenvalue weighted by Crippen LogP contribution is 2.44. The summed E-state index contributed by atoms with van der Waals surface area (Å²) in [5.74, 6) is -0.196. The molecule has 0 spiro atoms. The number of hydrogen-bond donors (Lipinski definition) is 2. The second-order valence-corrected chi connectivity index (χ2v) is 10.3. The number of nitrogens with zero attached hydrogens (tertiary/aromatic N) is 4. The summed E-state index contributed by atoms with van der Waals surface area (Å²) in [4.78, 5) is 36.8. The topological polar surface area (TPSA) is 124 Å². The van der Waals surface area contributed by atoms with Crippen LogP contribution in [-0.4, -0.2) is 35.4 Å². The molecule has 5 aromatic rings. The predicted octanol–water partition coefficient (Wildman–Crippen LogP) is 5.78. The van der Waals surface area contributed by atoms with Gasteiger partial charge in [-0.05, 0) is 73.9 Å². The van der Waals surface area contributed by atoms with Crippen molar-refractivity contribution in [3.63, 3.8) is 0 Å². The van der Waals surface area contributed by atoms with Crippen molar-refractivity contribution >= 4 is 28.5 Å². The van der Waals surface area contributed by atoms with Crippen LogP contribution in [-0.2, 0) is 5.54 Å². The van der Waals surface area contributed by atoms with Gasteiger partial charge >= 0.3 is 0 Å². The van der Waals surface area contributed by atoms with E-state index in [1.165, 1.54) is 24.1 Å². The van der Waals surface area contributed by atoms with Crippen LogP contribution in [0, 0.1) is 17.3 Å². The molecule has 6 rings (SSSR count). The highest BCUT2D eigenvalue weighted by atomic mass is 19.1. The van der Waals surface area contributed by atoms with E-state index in [0.717, 1.165) is 12.8 Å². The third-order valence-electron chi connectivity index (χ3n) is 7.63. The van der Waals surface area contributed by atoms with E-state index in [9.17, 15) is 19.2 Å². The van der Waals surface area contributed by atoms with E-state index in [1.807, 2.05) is 13.0 Å². The molecule has 2 N–H and O–H groups in total. The number of anilines is 1. The lowest BCUT2D eigenvalue weighted by Crippen LogP contribution is -2.36. The van der Waals surface area contributed by atoms with Crippen LogP contribution in [0.5, 0.6) is 0 Å². The number of aromatic nitrogens is 2. The van der Waals surface area contributed by atoms with E-state index in [4.69, 9.17) is 4.42 Å². The van der Waals surface area contributed by atoms with E-state index in [1.54, 1.807) is 60.9 Å². The van der Waals surface area contributed by atoms with Crippen LogP contribution in [0.1, 0.15) is 46.3 Å². The van der Waals surface area contributed by atoms with Crippen LogP contribution < -0.4 is 15.5 Å². The van der Waals surface area contributed by atoms with E-state index in [0.29, 0.717) is 51.3 Å². The SMILES string of the molecule is CCN(C#N)c1cc2oc(-c3ccc(F)cc3)c(C(=O)NC)c2cc1-c1cccc(C(=O)NC2(c3ncccn3)CC2)c1. The number of carbonyl (C=O) groups is 2. The molecular formula is C33H27FN6O3. The minimum absolute atomic E-state index is 0.269. The van der Waals surface area contributed by atoms with E-state index < -0.39 is 11.4 Å². The van der Waals surface area contributed by atoms with Gasteiger partial charge in [0.15, 0.2) is 12.0 Å². The molecule has 0 aliphatic heterocycles. The zero-order valence-electron chi connectivity index (χ0n) is 23.5. The quantitative estimate of drug-likeness (QED) is 0.178. The maximum atomic E-state index is 13.7. The number of benzene rings is 3. The van der Waals surface area contributed by atoms with Crippen LogP contribution in [0.2, 0.25) is 0 Å². The second-order valence-electron chi connectivity index (χ2n) is 10.3. The molecule has 0 saturated heterocycles. The zero-order chi connectivity index (χ0) is 30.1. The predicted molar refractivity (Wildman–Crippen MR) is 159 cm³/mol. The molecule has 43 heavy (non-hydrogen) atoms. The normalized spacial score (nSPS) is 13.3. The maximum Gasteiger partial charge on any atom is 0.255 e. The fourth-order valence-corrected chi connectivity index (χ4v) is 5.23. The molecule has 0 unspecified atom stereocenters. The average molecular weight is 575 g/mol. The molecule has 2 heterocycles. The Bertz CT molecular complexity index is 1890. The number of nitriles is 1. The van der Waals surface area contributed by atoms with Crippen molar-refractivity contribution in [2.24, 2.45) is 0 Å². The van der Waals surface area contributed by atoms with Crippen LogP contribution in [0.4, 0.5) is 10.1 Å². The molecule has 214 valence electrons. The van der Waals surface area contributed by atoms with Crippen LogP contribution in [0.3, 0.4) is 0 Å². The van der Waals surface area contributed by atoms with Gasteiger partial charge in [0, 0.05) is 54.1 Å². The first-order valence-electron chi connectivity index (χ1n) is 13.8. The average Bonchev–Trinajstić information content (AvgIpc) is 3.73. The molecule has 1 saturated carbocycles. The summed E-state index contributed by atoms with van der Waals surface area (Å²) in [7, 11) is 1.52. The minimum atomic E-state index is -0.589. The lowest BCUT2D eigenvalue weighted by Gasteiger charge is -2.19. The Labute approximate surface area is 247 Å². The van der Waals surface area contributed by atoms with Gasteiger partial charge < -0.3 is 15.1 Å². The molecule has 0 bridgehead atoms. The Morgan fingerprint density at radius 1 is 1.02 bits per heavy atom. The smallest absolute Gasteiger partial charge is 0.255 e. The first kappa shape index (κ1) is 27.6. The van der Waals surface area contributed by atoms with Gasteiger partial charge in [-0.2, -0.15) is 5.26 Å². The second kappa shape index (κ2) is 11.0. The monoisotopic (exact) mass is 574 g/mol. The molecule has 1 fully saturated rings. The summed E-state index contributed by atoms with van der Waals surface area (Å²) >= 11 is 0. The van der Waals surface area contributed by atoms with Crippen LogP contribution in [0.15, 0.2) is 83.5 Å². The molecule has 2 aromatic heterocycles. The maximum absolute atomic E-state index is 13.7. The highest BCUT2D eigenvalue weighted by molar-refractivity contribution is 6.13. The lowest BCUT2D eigenvalue weighted by atomic mass is 9.96. The number of nitrogens with one attached hydrogen (secondary N) is 2. The lowest BCUT2D eigenvalue weighted by molar-refractivity contribution is 0.0926. The molecule has 10 heteroatoms. The van der Waals surface area contributed by atoms with Crippen molar-refractivity contribution < 1.29 is 18.4 Å². The first-order valence-corrected chi connectivity index (χ1v) is 13.8. The highest BCUT2D eigenvalue weighted by Gasteiger charge is 2.48. The standard InChI is InChI=1S/C33H27FN6O3/c1-3-40(19-35)26-18-27-25(28(31(42)36-2)29(43-27)20-8-10-23(34)11-9-20)17-24(26)21-6-4-7-22(16-21)30(41)39-33(12-13-33)32-37-14-5-15-38-32/h4-11,14-18H,3,12-13H2,1-2H3,(H,36,42)(H,39,41). The van der Waals surface area contributed by atoms with Gasteiger partial charge in [-0.15, -0.1) is 0 Å². The summed E-state index contributed by atoms with van der Waals surface area (Å²) in [5.41, 5.74) is 2.89. The van der Waals surface area contributed by atoms with Crippen LogP contribution >= 0.6 is 0 Å². The number of fused-ring (bicyclic) bond motifs is 1. The first-order chi connectivity index (χ1) is 20.9. The van der Waals surface area contributed by atoms with E-state index in [-0.39, 0.29) is 23.1 Å². The Balaban J connectivity index is 1.47. The number of hydrogen-bond acceptors (Lipinski definition) is 7. The Hall–Kier alpha value is -5.56. The fourth-order valence-electron chi connectivity index (χ4n) is 5.23. The molecule has 0 atom stereocenters. The molecule has 3 aromatic carbocycles. The number of carbonyl (C=O) groups excluding carboxylic acids is 2. The summed E-state index contributed by atoms with van der Waals surface area (Å²) in [5, 5.41) is 16.3. The van der Waals surface area contributed by atoms with Crippen molar-refractivity contribution in [1.82, 2.24) is 20.6 Å². The van der Waals surface area contributed by atoms with Crippen LogP contribution in [0.25, 0.3) is 33.4 Å². The molecular weight excluding hydrogens is 547 g/mol. The summed E-state index contributed by atoms with van der Waals surface area (Å²) in [6.45, 7) is 2.23. The van der Waals surface area contributed by atoms with Crippen molar-refractivity contribution in [1.29, 1.82) is 5.26 Å². The third-order valence-corrected chi connectivity index (χ3v) is 7.63. The molecule has 1 aliphatic carbocycles. The number of rotatable bonds is 8. The number of furan rings is 1. The Morgan fingerprint density at radius 2 is 1.77 bits per heavy atom. The van der Waals surface area contributed by atoms with Crippen molar-refractivity contribution in [2.75, 3.05) is 18.5 Å². The summed E-state index contributed by atoms with van der Waals surface area (Å²) < 4.78 is 19.9. The molecule has 2 amide bonds. The van der Waals surface area contributed by atoms with Gasteiger partial charge in [-0.3, -0.25) is 14.5 Å². The van der Waals surface area contributed by atoms with Gasteiger partial charge in [-0.1, -0.05) is 12.1 Å². The van der Waals surface area contributed by atoms with E-state index in [2.05, 4.69) is 26.8 Å². The largest absolute Gasteiger partial charge is 0.455 e. The minimum Gasteiger partial charge on any atom is -0.455 e. The van der Waals surface area contributed by atoms with Crippen molar-refractivity contribution in [3.05, 3.63) is 102 Å². The third kappa shape index (κ3) is 5.06. The van der Waals surface area contributed by atoms with Crippen molar-refractivity contribution in [2.45, 2.75) is 25.3 Å². The van der Waals surface area contributed by atoms with Gasteiger partial charge in [0.1, 0.15) is 22.7 Å². The van der Waals surface area contributed by atoms with E-state index >= 15 is 0 Å². The molecule has 1 aliphatic rings. The molecule has 9 nitrogen and oxygen atoms in total. The number of halogens is 1. The van der Waals surface area contributed by atoms with Gasteiger partial charge in [0.2, 0.25) is 0 Å². The number of amides is 2. The Morgan fingerprint density at radius 3 is 2.42 bits per heavy atom. The summed E-state index contributed by atoms with van der Waals surface area (Å²) in [6, 6.07) is 18.0. The van der Waals surface area contributed by atoms with Gasteiger partial charge in [0.25, 0.3) is 11.8 Å².